The monoisotopic (exact) mass is 347 g/mol. The molecule has 0 aliphatic carbocycles. The zero-order chi connectivity index (χ0) is 18.4. The average Bonchev–Trinajstić information content (AvgIpc) is 2.60. The third-order valence-electron chi connectivity index (χ3n) is 3.60. The maximum absolute atomic E-state index is 11.2. The Morgan fingerprint density at radius 3 is 2.50 bits per heavy atom. The Bertz CT molecular complexity index is 896. The van der Waals surface area contributed by atoms with Gasteiger partial charge < -0.3 is 16.0 Å². The van der Waals surface area contributed by atoms with Crippen molar-refractivity contribution < 1.29 is 4.79 Å². The number of amides is 1. The van der Waals surface area contributed by atoms with E-state index in [4.69, 9.17) is 0 Å². The first-order chi connectivity index (χ1) is 12.6. The fourth-order valence-corrected chi connectivity index (χ4v) is 2.51. The first-order valence-electron chi connectivity index (χ1n) is 8.37. The smallest absolute Gasteiger partial charge is 0.225 e. The number of anilines is 4. The molecule has 0 saturated heterocycles. The molecule has 6 nitrogen and oxygen atoms in total. The van der Waals surface area contributed by atoms with Crippen molar-refractivity contribution in [1.82, 2.24) is 9.97 Å². The molecule has 0 spiro atoms. The van der Waals surface area contributed by atoms with Crippen LogP contribution in [0, 0.1) is 6.92 Å². The second-order valence-electron chi connectivity index (χ2n) is 5.94. The third-order valence-corrected chi connectivity index (χ3v) is 3.60. The average molecular weight is 347 g/mol. The lowest BCUT2D eigenvalue weighted by molar-refractivity contribution is -0.114. The Kier molecular flexibility index (Phi) is 5.43. The molecule has 26 heavy (non-hydrogen) atoms. The Morgan fingerprint density at radius 1 is 0.962 bits per heavy atom. The van der Waals surface area contributed by atoms with Crippen LogP contribution in [-0.2, 0) is 11.3 Å². The lowest BCUT2D eigenvalue weighted by Crippen LogP contribution is -2.07. The SMILES string of the molecule is CC(=O)Nc1cccc(Nc2cc(C)nc(NCc3ccccc3)n2)c1. The van der Waals surface area contributed by atoms with Gasteiger partial charge >= 0.3 is 0 Å². The number of benzene rings is 2. The summed E-state index contributed by atoms with van der Waals surface area (Å²) in [5.41, 5.74) is 3.59. The van der Waals surface area contributed by atoms with E-state index in [0.717, 1.165) is 22.6 Å². The molecule has 0 fully saturated rings. The summed E-state index contributed by atoms with van der Waals surface area (Å²) in [4.78, 5) is 20.1. The van der Waals surface area contributed by atoms with Crippen LogP contribution in [-0.4, -0.2) is 15.9 Å². The van der Waals surface area contributed by atoms with Crippen molar-refractivity contribution in [2.24, 2.45) is 0 Å². The molecule has 0 saturated carbocycles. The van der Waals surface area contributed by atoms with Gasteiger partial charge in [-0.25, -0.2) is 4.98 Å². The fourth-order valence-electron chi connectivity index (χ4n) is 2.51. The summed E-state index contributed by atoms with van der Waals surface area (Å²) in [5, 5.41) is 9.27. The highest BCUT2D eigenvalue weighted by atomic mass is 16.1. The van der Waals surface area contributed by atoms with Crippen LogP contribution in [0.1, 0.15) is 18.2 Å². The second kappa shape index (κ2) is 8.11. The topological polar surface area (TPSA) is 78.9 Å². The van der Waals surface area contributed by atoms with Gasteiger partial charge in [0.15, 0.2) is 0 Å². The van der Waals surface area contributed by atoms with E-state index in [1.807, 2.05) is 55.5 Å². The summed E-state index contributed by atoms with van der Waals surface area (Å²) < 4.78 is 0. The molecule has 3 aromatic rings. The van der Waals surface area contributed by atoms with Crippen LogP contribution in [0.2, 0.25) is 0 Å². The molecule has 0 aliphatic rings. The fraction of sp³-hybridized carbons (Fsp3) is 0.150. The normalized spacial score (nSPS) is 10.2. The number of nitrogens with zero attached hydrogens (tertiary/aromatic N) is 2. The van der Waals surface area contributed by atoms with Crippen LogP contribution >= 0.6 is 0 Å². The highest BCUT2D eigenvalue weighted by molar-refractivity contribution is 5.89. The molecule has 132 valence electrons. The number of aryl methyl sites for hydroxylation is 1. The van der Waals surface area contributed by atoms with E-state index in [0.29, 0.717) is 18.3 Å². The highest BCUT2D eigenvalue weighted by Crippen LogP contribution is 2.20. The highest BCUT2D eigenvalue weighted by Gasteiger charge is 2.04. The van der Waals surface area contributed by atoms with Crippen molar-refractivity contribution in [2.75, 3.05) is 16.0 Å². The lowest BCUT2D eigenvalue weighted by atomic mass is 10.2. The molecule has 0 aliphatic heterocycles. The zero-order valence-electron chi connectivity index (χ0n) is 14.8. The van der Waals surface area contributed by atoms with Gasteiger partial charge in [0, 0.05) is 36.6 Å². The molecule has 1 heterocycles. The summed E-state index contributed by atoms with van der Waals surface area (Å²) >= 11 is 0. The van der Waals surface area contributed by atoms with E-state index in [1.165, 1.54) is 6.92 Å². The van der Waals surface area contributed by atoms with Gasteiger partial charge in [-0.2, -0.15) is 4.98 Å². The number of rotatable bonds is 6. The predicted molar refractivity (Wildman–Crippen MR) is 105 cm³/mol. The number of aromatic nitrogens is 2. The summed E-state index contributed by atoms with van der Waals surface area (Å²) in [5.74, 6) is 1.15. The van der Waals surface area contributed by atoms with Gasteiger partial charge in [-0.3, -0.25) is 4.79 Å². The first kappa shape index (κ1) is 17.4. The molecule has 0 atom stereocenters. The van der Waals surface area contributed by atoms with Gasteiger partial charge in [0.25, 0.3) is 0 Å². The van der Waals surface area contributed by atoms with E-state index in [9.17, 15) is 4.79 Å². The van der Waals surface area contributed by atoms with Crippen molar-refractivity contribution >= 4 is 29.0 Å². The molecular formula is C20H21N5O. The van der Waals surface area contributed by atoms with E-state index < -0.39 is 0 Å². The van der Waals surface area contributed by atoms with E-state index in [2.05, 4.69) is 38.1 Å². The number of hydrogen-bond acceptors (Lipinski definition) is 5. The van der Waals surface area contributed by atoms with Crippen molar-refractivity contribution in [2.45, 2.75) is 20.4 Å². The predicted octanol–water partition coefficient (Wildman–Crippen LogP) is 4.10. The van der Waals surface area contributed by atoms with E-state index in [-0.39, 0.29) is 5.91 Å². The summed E-state index contributed by atoms with van der Waals surface area (Å²) in [6.07, 6.45) is 0. The van der Waals surface area contributed by atoms with Crippen LogP contribution in [0.15, 0.2) is 60.7 Å². The summed E-state index contributed by atoms with van der Waals surface area (Å²) in [7, 11) is 0. The van der Waals surface area contributed by atoms with Crippen molar-refractivity contribution in [1.29, 1.82) is 0 Å². The molecular weight excluding hydrogens is 326 g/mol. The van der Waals surface area contributed by atoms with Crippen molar-refractivity contribution in [3.05, 3.63) is 71.9 Å². The largest absolute Gasteiger partial charge is 0.350 e. The van der Waals surface area contributed by atoms with Crippen LogP contribution < -0.4 is 16.0 Å². The lowest BCUT2D eigenvalue weighted by Gasteiger charge is -2.11. The number of carbonyl (C=O) groups excluding carboxylic acids is 1. The molecule has 0 unspecified atom stereocenters. The maximum Gasteiger partial charge on any atom is 0.225 e. The van der Waals surface area contributed by atoms with Crippen molar-refractivity contribution in [3.8, 4) is 0 Å². The summed E-state index contributed by atoms with van der Waals surface area (Å²) in [6, 6.07) is 19.5. The quantitative estimate of drug-likeness (QED) is 0.626. The van der Waals surface area contributed by atoms with Crippen molar-refractivity contribution in [3.63, 3.8) is 0 Å². The molecule has 3 N–H and O–H groups in total. The molecule has 6 heteroatoms. The Morgan fingerprint density at radius 2 is 1.73 bits per heavy atom. The number of carbonyl (C=O) groups is 1. The minimum absolute atomic E-state index is 0.104. The molecule has 3 rings (SSSR count). The Balaban J connectivity index is 1.72. The number of hydrogen-bond donors (Lipinski definition) is 3. The molecule has 1 amide bonds. The van der Waals surface area contributed by atoms with Crippen LogP contribution in [0.3, 0.4) is 0 Å². The van der Waals surface area contributed by atoms with Crippen LogP contribution in [0.25, 0.3) is 0 Å². The molecule has 0 bridgehead atoms. The summed E-state index contributed by atoms with van der Waals surface area (Å²) in [6.45, 7) is 4.06. The Hall–Kier alpha value is -3.41. The Labute approximate surface area is 152 Å². The second-order valence-corrected chi connectivity index (χ2v) is 5.94. The zero-order valence-corrected chi connectivity index (χ0v) is 14.8. The van der Waals surface area contributed by atoms with Crippen LogP contribution in [0.5, 0.6) is 0 Å². The first-order valence-corrected chi connectivity index (χ1v) is 8.37. The van der Waals surface area contributed by atoms with Gasteiger partial charge in [-0.05, 0) is 30.7 Å². The van der Waals surface area contributed by atoms with Crippen LogP contribution in [0.4, 0.5) is 23.1 Å². The van der Waals surface area contributed by atoms with Gasteiger partial charge in [-0.1, -0.05) is 36.4 Å². The molecule has 2 aromatic carbocycles. The van der Waals surface area contributed by atoms with Gasteiger partial charge in [0.2, 0.25) is 11.9 Å². The van der Waals surface area contributed by atoms with Gasteiger partial charge in [0.1, 0.15) is 5.82 Å². The molecule has 0 radical (unpaired) electrons. The van der Waals surface area contributed by atoms with E-state index in [1.54, 1.807) is 0 Å². The minimum atomic E-state index is -0.104. The third kappa shape index (κ3) is 5.04. The molecule has 1 aromatic heterocycles. The van der Waals surface area contributed by atoms with Gasteiger partial charge in [-0.15, -0.1) is 0 Å². The number of nitrogens with one attached hydrogen (secondary N) is 3. The standard InChI is InChI=1S/C20H21N5O/c1-14-11-19(24-18-10-6-9-17(12-18)23-15(2)26)25-20(22-14)21-13-16-7-4-3-5-8-16/h3-12H,13H2,1-2H3,(H,23,26)(H2,21,22,24,25). The van der Waals surface area contributed by atoms with E-state index >= 15 is 0 Å². The van der Waals surface area contributed by atoms with Gasteiger partial charge in [0.05, 0.1) is 0 Å². The maximum atomic E-state index is 11.2. The minimum Gasteiger partial charge on any atom is -0.350 e.